The van der Waals surface area contributed by atoms with Crippen LogP contribution in [0.3, 0.4) is 0 Å². The minimum absolute atomic E-state index is 0.149. The highest BCUT2D eigenvalue weighted by molar-refractivity contribution is 5.88. The van der Waals surface area contributed by atoms with Gasteiger partial charge in [0.1, 0.15) is 5.82 Å². The van der Waals surface area contributed by atoms with Gasteiger partial charge in [-0.25, -0.2) is 9.48 Å². The highest BCUT2D eigenvalue weighted by atomic mass is 16.2. The van der Waals surface area contributed by atoms with Gasteiger partial charge in [-0.2, -0.15) is 5.10 Å². The summed E-state index contributed by atoms with van der Waals surface area (Å²) in [6.07, 6.45) is 2.11. The number of urea groups is 1. The Hall–Kier alpha value is -2.34. The molecule has 140 valence electrons. The molecule has 0 bridgehead atoms. The smallest absolute Gasteiger partial charge is 0.320 e. The molecule has 1 saturated heterocycles. The van der Waals surface area contributed by atoms with Crippen molar-refractivity contribution in [2.45, 2.75) is 39.8 Å². The number of rotatable bonds is 7. The molecule has 2 aromatic rings. The van der Waals surface area contributed by atoms with Crippen LogP contribution in [0.25, 0.3) is 0 Å². The first-order valence-corrected chi connectivity index (χ1v) is 9.49. The molecule has 6 heteroatoms. The molecule has 0 saturated carbocycles. The fourth-order valence-electron chi connectivity index (χ4n) is 3.49. The topological polar surface area (TPSA) is 62.2 Å². The normalized spacial score (nSPS) is 17.4. The second-order valence-electron chi connectivity index (χ2n) is 7.10. The van der Waals surface area contributed by atoms with Gasteiger partial charge in [-0.15, -0.1) is 0 Å². The lowest BCUT2D eigenvalue weighted by atomic mass is 10.1. The van der Waals surface area contributed by atoms with Gasteiger partial charge in [0.15, 0.2) is 0 Å². The van der Waals surface area contributed by atoms with Crippen molar-refractivity contribution in [3.8, 4) is 0 Å². The van der Waals surface area contributed by atoms with Crippen molar-refractivity contribution in [2.75, 3.05) is 25.0 Å². The van der Waals surface area contributed by atoms with Gasteiger partial charge >= 0.3 is 6.03 Å². The van der Waals surface area contributed by atoms with Crippen molar-refractivity contribution in [1.29, 1.82) is 0 Å². The Morgan fingerprint density at radius 2 is 2.12 bits per heavy atom. The van der Waals surface area contributed by atoms with Crippen LogP contribution in [0, 0.1) is 12.8 Å². The molecule has 2 amide bonds. The van der Waals surface area contributed by atoms with Crippen LogP contribution in [-0.2, 0) is 13.1 Å². The minimum Gasteiger partial charge on any atom is -0.338 e. The van der Waals surface area contributed by atoms with Crippen LogP contribution in [0.5, 0.6) is 0 Å². The minimum atomic E-state index is -0.149. The van der Waals surface area contributed by atoms with Gasteiger partial charge in [-0.05, 0) is 37.8 Å². The van der Waals surface area contributed by atoms with Crippen molar-refractivity contribution in [3.63, 3.8) is 0 Å². The molecule has 26 heavy (non-hydrogen) atoms. The third-order valence-corrected chi connectivity index (χ3v) is 4.75. The summed E-state index contributed by atoms with van der Waals surface area (Å²) < 4.78 is 1.85. The van der Waals surface area contributed by atoms with E-state index >= 15 is 0 Å². The average molecular weight is 355 g/mol. The highest BCUT2D eigenvalue weighted by Crippen LogP contribution is 2.18. The molecule has 1 fully saturated rings. The highest BCUT2D eigenvalue weighted by Gasteiger charge is 2.23. The Balaban J connectivity index is 1.42. The van der Waals surface area contributed by atoms with E-state index < -0.39 is 0 Å². The summed E-state index contributed by atoms with van der Waals surface area (Å²) in [5.74, 6) is 1.27. The number of aromatic nitrogens is 2. The number of benzene rings is 1. The predicted octanol–water partition coefficient (Wildman–Crippen LogP) is 3.25. The van der Waals surface area contributed by atoms with Crippen molar-refractivity contribution in [2.24, 2.45) is 5.92 Å². The van der Waals surface area contributed by atoms with Crippen molar-refractivity contribution < 1.29 is 4.79 Å². The second-order valence-corrected chi connectivity index (χ2v) is 7.10. The molecule has 2 heterocycles. The van der Waals surface area contributed by atoms with Crippen molar-refractivity contribution in [1.82, 2.24) is 20.0 Å². The summed E-state index contributed by atoms with van der Waals surface area (Å²) in [5.41, 5.74) is 2.26. The molecular formula is C20H29N5O. The molecule has 1 aromatic heterocycles. The number of nitrogens with zero attached hydrogens (tertiary/aromatic N) is 3. The third kappa shape index (κ3) is 5.08. The molecular weight excluding hydrogens is 326 g/mol. The first kappa shape index (κ1) is 18.5. The Bertz CT molecular complexity index is 712. The molecule has 6 nitrogen and oxygen atoms in total. The Morgan fingerprint density at radius 3 is 2.88 bits per heavy atom. The number of nitrogens with one attached hydrogen (secondary N) is 2. The molecule has 0 spiro atoms. The standard InChI is InChI=1S/C20H29N5O/c1-3-10-25-19(12-16(2)23-25)22-20(26)21-13-18-9-11-24(15-18)14-17-7-5-4-6-8-17/h4-8,12,18H,3,9-11,13-15H2,1-2H3,(H2,21,22,26)/t18-/m0/s1. The van der Waals surface area contributed by atoms with Crippen LogP contribution in [0.2, 0.25) is 0 Å². The van der Waals surface area contributed by atoms with E-state index in [1.165, 1.54) is 5.56 Å². The fourth-order valence-corrected chi connectivity index (χ4v) is 3.49. The Labute approximate surface area is 155 Å². The maximum Gasteiger partial charge on any atom is 0.320 e. The first-order valence-electron chi connectivity index (χ1n) is 9.49. The second kappa shape index (κ2) is 8.85. The van der Waals surface area contributed by atoms with Crippen molar-refractivity contribution >= 4 is 11.8 Å². The molecule has 1 aliphatic rings. The van der Waals surface area contributed by atoms with Crippen LogP contribution in [-0.4, -0.2) is 40.3 Å². The molecule has 1 aromatic carbocycles. The number of carbonyl (C=O) groups excluding carboxylic acids is 1. The lowest BCUT2D eigenvalue weighted by molar-refractivity contribution is 0.249. The van der Waals surface area contributed by atoms with Gasteiger partial charge < -0.3 is 5.32 Å². The number of hydrogen-bond acceptors (Lipinski definition) is 3. The summed E-state index contributed by atoms with van der Waals surface area (Å²) in [6.45, 7) is 8.65. The van der Waals surface area contributed by atoms with Gasteiger partial charge in [0.05, 0.1) is 5.69 Å². The van der Waals surface area contributed by atoms with E-state index in [2.05, 4.69) is 51.8 Å². The molecule has 0 aliphatic carbocycles. The third-order valence-electron chi connectivity index (χ3n) is 4.75. The summed E-state index contributed by atoms with van der Waals surface area (Å²) in [4.78, 5) is 14.7. The maximum absolute atomic E-state index is 12.2. The van der Waals surface area contributed by atoms with Gasteiger partial charge in [-0.1, -0.05) is 37.3 Å². The number of amides is 2. The summed E-state index contributed by atoms with van der Waals surface area (Å²) in [7, 11) is 0. The Morgan fingerprint density at radius 1 is 1.31 bits per heavy atom. The SMILES string of the molecule is CCCn1nc(C)cc1NC(=O)NC[C@@H]1CCN(Cc2ccccc2)C1. The van der Waals surface area contributed by atoms with E-state index in [1.807, 2.05) is 23.7 Å². The van der Waals surface area contributed by atoms with E-state index in [9.17, 15) is 4.79 Å². The zero-order chi connectivity index (χ0) is 18.4. The number of carbonyl (C=O) groups is 1. The van der Waals surface area contributed by atoms with E-state index in [0.29, 0.717) is 12.5 Å². The zero-order valence-electron chi connectivity index (χ0n) is 15.7. The summed E-state index contributed by atoms with van der Waals surface area (Å²) in [5, 5.41) is 10.4. The van der Waals surface area contributed by atoms with Crippen LogP contribution in [0.4, 0.5) is 10.6 Å². The quantitative estimate of drug-likeness (QED) is 0.801. The number of likely N-dealkylation sites (tertiary alicyclic amines) is 1. The predicted molar refractivity (Wildman–Crippen MR) is 104 cm³/mol. The number of anilines is 1. The fraction of sp³-hybridized carbons (Fsp3) is 0.500. The van der Waals surface area contributed by atoms with Crippen LogP contribution in [0.15, 0.2) is 36.4 Å². The lowest BCUT2D eigenvalue weighted by Gasteiger charge is -2.16. The molecule has 3 rings (SSSR count). The molecule has 0 unspecified atom stereocenters. The van der Waals surface area contributed by atoms with Gasteiger partial charge in [0.2, 0.25) is 0 Å². The molecule has 1 atom stereocenters. The number of aryl methyl sites for hydroxylation is 2. The van der Waals surface area contributed by atoms with Crippen LogP contribution in [0.1, 0.15) is 31.0 Å². The van der Waals surface area contributed by atoms with Crippen LogP contribution >= 0.6 is 0 Å². The van der Waals surface area contributed by atoms with E-state index in [0.717, 1.165) is 50.5 Å². The average Bonchev–Trinajstić information content (AvgIpc) is 3.21. The van der Waals surface area contributed by atoms with E-state index in [4.69, 9.17) is 0 Å². The summed E-state index contributed by atoms with van der Waals surface area (Å²) in [6, 6.07) is 12.3. The monoisotopic (exact) mass is 355 g/mol. The lowest BCUT2D eigenvalue weighted by Crippen LogP contribution is -2.34. The van der Waals surface area contributed by atoms with Gasteiger partial charge in [0.25, 0.3) is 0 Å². The molecule has 2 N–H and O–H groups in total. The maximum atomic E-state index is 12.2. The number of hydrogen-bond donors (Lipinski definition) is 2. The van der Waals surface area contributed by atoms with E-state index in [1.54, 1.807) is 0 Å². The van der Waals surface area contributed by atoms with Crippen LogP contribution < -0.4 is 10.6 Å². The first-order chi connectivity index (χ1) is 12.6. The van der Waals surface area contributed by atoms with Gasteiger partial charge in [-0.3, -0.25) is 10.2 Å². The van der Waals surface area contributed by atoms with Gasteiger partial charge in [0, 0.05) is 32.2 Å². The zero-order valence-corrected chi connectivity index (χ0v) is 15.7. The largest absolute Gasteiger partial charge is 0.338 e. The molecule has 0 radical (unpaired) electrons. The van der Waals surface area contributed by atoms with E-state index in [-0.39, 0.29) is 6.03 Å². The molecule has 1 aliphatic heterocycles. The Kier molecular flexibility index (Phi) is 6.28. The summed E-state index contributed by atoms with van der Waals surface area (Å²) >= 11 is 0. The van der Waals surface area contributed by atoms with Crippen molar-refractivity contribution in [3.05, 3.63) is 47.7 Å².